The third-order valence-electron chi connectivity index (χ3n) is 2.11. The maximum Gasteiger partial charge on any atom is 0.129 e. The number of aromatic nitrogens is 1. The maximum atomic E-state index is 9.86. The van der Waals surface area contributed by atoms with Gasteiger partial charge in [-0.2, -0.15) is 0 Å². The molecule has 0 spiro atoms. The molecule has 0 aliphatic rings. The smallest absolute Gasteiger partial charge is 0.129 e. The van der Waals surface area contributed by atoms with Crippen LogP contribution in [0.5, 0.6) is 0 Å². The Hall–Kier alpha value is -0.640. The van der Waals surface area contributed by atoms with Crippen LogP contribution >= 0.6 is 11.6 Å². The molecule has 0 bridgehead atoms. The minimum absolute atomic E-state index is 0.313. The number of halogens is 1. The molecule has 0 aliphatic heterocycles. The summed E-state index contributed by atoms with van der Waals surface area (Å²) in [4.78, 5) is 3.84. The van der Waals surface area contributed by atoms with Gasteiger partial charge in [0, 0.05) is 11.8 Å². The quantitative estimate of drug-likeness (QED) is 0.726. The highest BCUT2D eigenvalue weighted by Crippen LogP contribution is 2.23. The van der Waals surface area contributed by atoms with Crippen LogP contribution in [0.1, 0.15) is 18.9 Å². The molecule has 0 amide bonds. The lowest BCUT2D eigenvalue weighted by Crippen LogP contribution is -2.29. The van der Waals surface area contributed by atoms with Crippen LogP contribution in [0.3, 0.4) is 0 Å². The molecule has 2 N–H and O–H groups in total. The van der Waals surface area contributed by atoms with E-state index in [0.717, 1.165) is 0 Å². The van der Waals surface area contributed by atoms with E-state index in [1.165, 1.54) is 6.20 Å². The van der Waals surface area contributed by atoms with E-state index >= 15 is 0 Å². The second-order valence-electron chi connectivity index (χ2n) is 2.91. The molecule has 1 rings (SSSR count). The number of pyridine rings is 1. The van der Waals surface area contributed by atoms with Crippen molar-refractivity contribution in [3.05, 3.63) is 29.0 Å². The zero-order valence-corrected chi connectivity index (χ0v) is 8.12. The third kappa shape index (κ3) is 2.18. The lowest BCUT2D eigenvalue weighted by atomic mass is 9.94. The second-order valence-corrected chi connectivity index (χ2v) is 3.30. The van der Waals surface area contributed by atoms with Gasteiger partial charge in [0.05, 0.1) is 6.61 Å². The topological polar surface area (TPSA) is 53.4 Å². The van der Waals surface area contributed by atoms with Gasteiger partial charge in [-0.1, -0.05) is 24.6 Å². The van der Waals surface area contributed by atoms with Crippen LogP contribution in [0.25, 0.3) is 0 Å². The Morgan fingerprint density at radius 1 is 1.54 bits per heavy atom. The van der Waals surface area contributed by atoms with Gasteiger partial charge in [-0.15, -0.1) is 0 Å². The fourth-order valence-electron chi connectivity index (χ4n) is 1.06. The van der Waals surface area contributed by atoms with E-state index in [9.17, 15) is 5.11 Å². The largest absolute Gasteiger partial charge is 0.393 e. The summed E-state index contributed by atoms with van der Waals surface area (Å²) in [6.45, 7) is 1.48. The maximum absolute atomic E-state index is 9.86. The second kappa shape index (κ2) is 4.05. The summed E-state index contributed by atoms with van der Waals surface area (Å²) in [7, 11) is 0. The highest BCUT2D eigenvalue weighted by molar-refractivity contribution is 6.29. The fraction of sp³-hybridized carbons (Fsp3) is 0.444. The summed E-state index contributed by atoms with van der Waals surface area (Å²) in [5.41, 5.74) is -0.612. The average Bonchev–Trinajstić information content (AvgIpc) is 2.18. The first kappa shape index (κ1) is 10.4. The Bertz CT molecular complexity index is 269. The summed E-state index contributed by atoms with van der Waals surface area (Å²) >= 11 is 5.59. The van der Waals surface area contributed by atoms with Crippen LogP contribution in [0.15, 0.2) is 18.3 Å². The molecule has 13 heavy (non-hydrogen) atoms. The van der Waals surface area contributed by atoms with Crippen molar-refractivity contribution >= 4 is 11.6 Å². The van der Waals surface area contributed by atoms with E-state index < -0.39 is 5.60 Å². The number of aliphatic hydroxyl groups excluding tert-OH is 1. The van der Waals surface area contributed by atoms with Crippen molar-refractivity contribution in [3.8, 4) is 0 Å². The number of hydrogen-bond acceptors (Lipinski definition) is 3. The first-order valence-electron chi connectivity index (χ1n) is 4.07. The molecule has 0 saturated heterocycles. The minimum atomic E-state index is -1.20. The molecule has 1 atom stereocenters. The average molecular weight is 202 g/mol. The van der Waals surface area contributed by atoms with Crippen molar-refractivity contribution in [3.63, 3.8) is 0 Å². The van der Waals surface area contributed by atoms with E-state index in [0.29, 0.717) is 17.1 Å². The van der Waals surface area contributed by atoms with Crippen molar-refractivity contribution < 1.29 is 10.2 Å². The van der Waals surface area contributed by atoms with Gasteiger partial charge in [-0.05, 0) is 12.5 Å². The highest BCUT2D eigenvalue weighted by Gasteiger charge is 2.26. The Labute approximate surface area is 82.0 Å². The predicted molar refractivity (Wildman–Crippen MR) is 50.5 cm³/mol. The number of nitrogens with zero attached hydrogens (tertiary/aromatic N) is 1. The molecule has 1 aromatic rings. The van der Waals surface area contributed by atoms with Crippen LogP contribution in [-0.2, 0) is 5.60 Å². The molecule has 0 fully saturated rings. The molecule has 72 valence electrons. The van der Waals surface area contributed by atoms with Crippen molar-refractivity contribution in [1.29, 1.82) is 0 Å². The lowest BCUT2D eigenvalue weighted by molar-refractivity contribution is -0.0224. The first-order valence-corrected chi connectivity index (χ1v) is 4.45. The van der Waals surface area contributed by atoms with Crippen molar-refractivity contribution in [2.24, 2.45) is 0 Å². The number of rotatable bonds is 3. The van der Waals surface area contributed by atoms with E-state index in [1.54, 1.807) is 19.1 Å². The molecule has 3 nitrogen and oxygen atoms in total. The molecular formula is C9H12ClNO2. The normalized spacial score (nSPS) is 15.4. The summed E-state index contributed by atoms with van der Waals surface area (Å²) in [6.07, 6.45) is 1.91. The van der Waals surface area contributed by atoms with Gasteiger partial charge >= 0.3 is 0 Å². The molecular weight excluding hydrogens is 190 g/mol. The van der Waals surface area contributed by atoms with Gasteiger partial charge in [0.25, 0.3) is 0 Å². The number of hydrogen-bond donors (Lipinski definition) is 2. The summed E-state index contributed by atoms with van der Waals surface area (Å²) in [5.74, 6) is 0. The van der Waals surface area contributed by atoms with Gasteiger partial charge in [0.2, 0.25) is 0 Å². The molecule has 1 heterocycles. The molecule has 0 saturated carbocycles. The number of aliphatic hydroxyl groups is 2. The molecule has 4 heteroatoms. The van der Waals surface area contributed by atoms with Gasteiger partial charge in [0.1, 0.15) is 10.8 Å². The van der Waals surface area contributed by atoms with E-state index in [-0.39, 0.29) is 6.61 Å². The highest BCUT2D eigenvalue weighted by atomic mass is 35.5. The predicted octanol–water partition coefficient (Wildman–Crippen LogP) is 1.32. The van der Waals surface area contributed by atoms with Crippen molar-refractivity contribution in [2.45, 2.75) is 18.9 Å². The SMILES string of the molecule is CCC(O)(CO)c1ccc(Cl)nc1. The van der Waals surface area contributed by atoms with E-state index in [2.05, 4.69) is 4.98 Å². The first-order chi connectivity index (χ1) is 6.12. The summed E-state index contributed by atoms with van der Waals surface area (Å²) < 4.78 is 0. The van der Waals surface area contributed by atoms with E-state index in [1.807, 2.05) is 0 Å². The summed E-state index contributed by atoms with van der Waals surface area (Å²) in [6, 6.07) is 3.25. The Morgan fingerprint density at radius 3 is 2.62 bits per heavy atom. The Balaban J connectivity index is 2.99. The van der Waals surface area contributed by atoms with Crippen molar-refractivity contribution in [2.75, 3.05) is 6.61 Å². The monoisotopic (exact) mass is 201 g/mol. The van der Waals surface area contributed by atoms with Crippen LogP contribution in [0.2, 0.25) is 5.15 Å². The van der Waals surface area contributed by atoms with E-state index in [4.69, 9.17) is 16.7 Å². The van der Waals surface area contributed by atoms with Crippen LogP contribution in [0, 0.1) is 0 Å². The van der Waals surface area contributed by atoms with Crippen LogP contribution in [-0.4, -0.2) is 21.8 Å². The zero-order chi connectivity index (χ0) is 9.90. The van der Waals surface area contributed by atoms with Gasteiger partial charge in [-0.3, -0.25) is 0 Å². The molecule has 1 unspecified atom stereocenters. The summed E-state index contributed by atoms with van der Waals surface area (Å²) in [5, 5.41) is 19.2. The van der Waals surface area contributed by atoms with Gasteiger partial charge < -0.3 is 10.2 Å². The Morgan fingerprint density at radius 2 is 2.23 bits per heavy atom. The minimum Gasteiger partial charge on any atom is -0.393 e. The molecule has 0 aromatic carbocycles. The zero-order valence-electron chi connectivity index (χ0n) is 7.37. The van der Waals surface area contributed by atoms with Gasteiger partial charge in [0.15, 0.2) is 0 Å². The van der Waals surface area contributed by atoms with Gasteiger partial charge in [-0.25, -0.2) is 4.98 Å². The van der Waals surface area contributed by atoms with Crippen LogP contribution in [0.4, 0.5) is 0 Å². The van der Waals surface area contributed by atoms with Crippen LogP contribution < -0.4 is 0 Å². The standard InChI is InChI=1S/C9H12ClNO2/c1-2-9(13,6-12)7-3-4-8(10)11-5-7/h3-5,12-13H,2,6H2,1H3. The fourth-order valence-corrected chi connectivity index (χ4v) is 1.17. The lowest BCUT2D eigenvalue weighted by Gasteiger charge is -2.23. The Kier molecular flexibility index (Phi) is 3.25. The van der Waals surface area contributed by atoms with Crippen molar-refractivity contribution in [1.82, 2.24) is 4.98 Å². The molecule has 0 aliphatic carbocycles. The third-order valence-corrected chi connectivity index (χ3v) is 2.33. The molecule has 0 radical (unpaired) electrons. The molecule has 1 aromatic heterocycles.